The van der Waals surface area contributed by atoms with Crippen LogP contribution < -0.4 is 5.32 Å². The molecule has 1 aliphatic heterocycles. The number of nitrogens with zero attached hydrogens (tertiary/aromatic N) is 3. The predicted octanol–water partition coefficient (Wildman–Crippen LogP) is 3.09. The number of nitrogens with one attached hydrogen (secondary N) is 1. The van der Waals surface area contributed by atoms with Gasteiger partial charge < -0.3 is 10.2 Å². The van der Waals surface area contributed by atoms with Crippen molar-refractivity contribution in [3.05, 3.63) is 68.5 Å². The van der Waals surface area contributed by atoms with Crippen LogP contribution in [-0.2, 0) is 4.79 Å². The fourth-order valence-electron chi connectivity index (χ4n) is 3.24. The highest BCUT2D eigenvalue weighted by Crippen LogP contribution is 2.22. The van der Waals surface area contributed by atoms with Crippen LogP contribution in [0.5, 0.6) is 0 Å². The van der Waals surface area contributed by atoms with Crippen LogP contribution >= 0.6 is 11.6 Å². The van der Waals surface area contributed by atoms with Gasteiger partial charge in [0.2, 0.25) is 5.91 Å². The minimum atomic E-state index is -0.504. The normalized spacial score (nSPS) is 14.4. The highest BCUT2D eigenvalue weighted by atomic mass is 35.5. The van der Waals surface area contributed by atoms with Crippen LogP contribution in [0.3, 0.4) is 0 Å². The van der Waals surface area contributed by atoms with Gasteiger partial charge in [-0.2, -0.15) is 0 Å². The molecule has 30 heavy (non-hydrogen) atoms. The Bertz CT molecular complexity index is 993. The van der Waals surface area contributed by atoms with Crippen LogP contribution in [0.15, 0.2) is 36.4 Å². The third-order valence-electron chi connectivity index (χ3n) is 4.88. The lowest BCUT2D eigenvalue weighted by Gasteiger charge is -2.34. The van der Waals surface area contributed by atoms with Gasteiger partial charge in [0.1, 0.15) is 5.82 Å². The van der Waals surface area contributed by atoms with E-state index in [1.54, 1.807) is 11.8 Å². The van der Waals surface area contributed by atoms with Crippen LogP contribution in [0.25, 0.3) is 0 Å². The number of rotatable bonds is 5. The Morgan fingerprint density at radius 3 is 2.47 bits per heavy atom. The van der Waals surface area contributed by atoms with Gasteiger partial charge in [-0.3, -0.25) is 24.6 Å². The monoisotopic (exact) mass is 434 g/mol. The minimum absolute atomic E-state index is 0.0347. The number of non-ortho nitro benzene ring substituents is 1. The van der Waals surface area contributed by atoms with E-state index in [-0.39, 0.29) is 34.6 Å². The maximum atomic E-state index is 13.2. The van der Waals surface area contributed by atoms with Crippen molar-refractivity contribution < 1.29 is 18.9 Å². The number of piperazine rings is 1. The van der Waals surface area contributed by atoms with Crippen molar-refractivity contribution in [3.63, 3.8) is 0 Å². The van der Waals surface area contributed by atoms with E-state index in [0.717, 1.165) is 6.07 Å². The lowest BCUT2D eigenvalue weighted by atomic mass is 10.1. The summed E-state index contributed by atoms with van der Waals surface area (Å²) in [5, 5.41) is 13.6. The summed E-state index contributed by atoms with van der Waals surface area (Å²) < 4.78 is 13.2. The fourth-order valence-corrected chi connectivity index (χ4v) is 3.48. The molecule has 2 amide bonds. The second kappa shape index (κ2) is 9.19. The van der Waals surface area contributed by atoms with Gasteiger partial charge in [0.15, 0.2) is 0 Å². The molecule has 0 spiro atoms. The molecule has 1 N–H and O–H groups in total. The zero-order valence-electron chi connectivity index (χ0n) is 16.2. The van der Waals surface area contributed by atoms with Crippen molar-refractivity contribution >= 4 is 34.8 Å². The molecule has 2 aromatic rings. The summed E-state index contributed by atoms with van der Waals surface area (Å²) in [5.74, 6) is -1.02. The highest BCUT2D eigenvalue weighted by Gasteiger charge is 2.25. The Labute approximate surface area is 177 Å². The second-order valence-corrected chi connectivity index (χ2v) is 7.40. The molecule has 1 fully saturated rings. The molecule has 1 heterocycles. The molecular weight excluding hydrogens is 415 g/mol. The molecule has 3 rings (SSSR count). The molecule has 0 unspecified atom stereocenters. The lowest BCUT2D eigenvalue weighted by molar-refractivity contribution is -0.384. The smallest absolute Gasteiger partial charge is 0.269 e. The number of aryl methyl sites for hydroxylation is 1. The SMILES string of the molecule is Cc1cc([N+](=O)[O-])ccc1NC(=O)CN1CCN(C(=O)c2ccc(F)cc2Cl)CC1. The summed E-state index contributed by atoms with van der Waals surface area (Å²) in [5.41, 5.74) is 1.33. The molecule has 1 aliphatic rings. The first-order valence-corrected chi connectivity index (χ1v) is 9.64. The van der Waals surface area contributed by atoms with E-state index in [4.69, 9.17) is 11.6 Å². The summed E-state index contributed by atoms with van der Waals surface area (Å²) in [6.45, 7) is 3.64. The minimum Gasteiger partial charge on any atom is -0.336 e. The van der Waals surface area contributed by atoms with Crippen LogP contribution in [0.4, 0.5) is 15.8 Å². The number of nitro groups is 1. The number of nitro benzene ring substituents is 1. The van der Waals surface area contributed by atoms with Gasteiger partial charge in [0.25, 0.3) is 11.6 Å². The van der Waals surface area contributed by atoms with Crippen LogP contribution in [0, 0.1) is 22.9 Å². The number of hydrogen-bond donors (Lipinski definition) is 1. The number of benzene rings is 2. The molecule has 10 heteroatoms. The van der Waals surface area contributed by atoms with Crippen molar-refractivity contribution in [2.24, 2.45) is 0 Å². The van der Waals surface area contributed by atoms with Crippen molar-refractivity contribution in [2.75, 3.05) is 38.0 Å². The van der Waals surface area contributed by atoms with Gasteiger partial charge in [0, 0.05) is 44.0 Å². The topological polar surface area (TPSA) is 95.8 Å². The highest BCUT2D eigenvalue weighted by molar-refractivity contribution is 6.33. The number of carbonyl (C=O) groups excluding carboxylic acids is 2. The first-order valence-electron chi connectivity index (χ1n) is 9.26. The number of carbonyl (C=O) groups is 2. The molecule has 0 radical (unpaired) electrons. The molecular formula is C20H20ClFN4O4. The molecule has 0 aromatic heterocycles. The summed E-state index contributed by atoms with van der Waals surface area (Å²) in [7, 11) is 0. The van der Waals surface area contributed by atoms with Gasteiger partial charge in [0.05, 0.1) is 22.1 Å². The quantitative estimate of drug-likeness (QED) is 0.576. The first kappa shape index (κ1) is 21.7. The third-order valence-corrected chi connectivity index (χ3v) is 5.20. The maximum Gasteiger partial charge on any atom is 0.269 e. The van der Waals surface area contributed by atoms with Crippen molar-refractivity contribution in [2.45, 2.75) is 6.92 Å². The van der Waals surface area contributed by atoms with Crippen LogP contribution in [0.1, 0.15) is 15.9 Å². The Hall–Kier alpha value is -3.04. The molecule has 1 saturated heterocycles. The van der Waals surface area contributed by atoms with Gasteiger partial charge in [-0.05, 0) is 36.8 Å². The Kier molecular flexibility index (Phi) is 6.63. The summed E-state index contributed by atoms with van der Waals surface area (Å²) in [4.78, 5) is 38.8. The van der Waals surface area contributed by atoms with Crippen molar-refractivity contribution in [3.8, 4) is 0 Å². The lowest BCUT2D eigenvalue weighted by Crippen LogP contribution is -2.50. The van der Waals surface area contributed by atoms with E-state index >= 15 is 0 Å². The fraction of sp³-hybridized carbons (Fsp3) is 0.300. The molecule has 0 atom stereocenters. The standard InChI is InChI=1S/C20H20ClFN4O4/c1-13-10-15(26(29)30)3-5-18(13)23-19(27)12-24-6-8-25(9-7-24)20(28)16-4-2-14(22)11-17(16)21/h2-5,10-11H,6-9,12H2,1H3,(H,23,27). The zero-order valence-corrected chi connectivity index (χ0v) is 17.0. The number of amides is 2. The van der Waals surface area contributed by atoms with Crippen LogP contribution in [-0.4, -0.2) is 59.3 Å². The largest absolute Gasteiger partial charge is 0.336 e. The molecule has 0 saturated carbocycles. The molecule has 0 aliphatic carbocycles. The van der Waals surface area contributed by atoms with Gasteiger partial charge in [-0.15, -0.1) is 0 Å². The number of anilines is 1. The Morgan fingerprint density at radius 2 is 1.87 bits per heavy atom. The number of halogens is 2. The summed E-state index contributed by atoms with van der Waals surface area (Å²) in [6, 6.07) is 7.92. The Balaban J connectivity index is 1.52. The maximum absolute atomic E-state index is 13.2. The summed E-state index contributed by atoms with van der Waals surface area (Å²) >= 11 is 5.97. The van der Waals surface area contributed by atoms with E-state index < -0.39 is 10.7 Å². The van der Waals surface area contributed by atoms with Gasteiger partial charge in [-0.1, -0.05) is 11.6 Å². The van der Waals surface area contributed by atoms with E-state index in [1.807, 2.05) is 4.90 Å². The molecule has 2 aromatic carbocycles. The summed E-state index contributed by atoms with van der Waals surface area (Å²) in [6.07, 6.45) is 0. The average Bonchev–Trinajstić information content (AvgIpc) is 2.69. The van der Waals surface area contributed by atoms with E-state index in [9.17, 15) is 24.1 Å². The van der Waals surface area contributed by atoms with Crippen molar-refractivity contribution in [1.82, 2.24) is 9.80 Å². The van der Waals surface area contributed by atoms with E-state index in [2.05, 4.69) is 5.32 Å². The third kappa shape index (κ3) is 5.11. The second-order valence-electron chi connectivity index (χ2n) is 7.00. The van der Waals surface area contributed by atoms with E-state index in [0.29, 0.717) is 37.4 Å². The molecule has 8 nitrogen and oxygen atoms in total. The first-order chi connectivity index (χ1) is 14.2. The predicted molar refractivity (Wildman–Crippen MR) is 110 cm³/mol. The van der Waals surface area contributed by atoms with Crippen molar-refractivity contribution in [1.29, 1.82) is 0 Å². The average molecular weight is 435 g/mol. The zero-order chi connectivity index (χ0) is 21.8. The van der Waals surface area contributed by atoms with Gasteiger partial charge in [-0.25, -0.2) is 4.39 Å². The van der Waals surface area contributed by atoms with Gasteiger partial charge >= 0.3 is 0 Å². The molecule has 0 bridgehead atoms. The Morgan fingerprint density at radius 1 is 1.17 bits per heavy atom. The molecule has 158 valence electrons. The van der Waals surface area contributed by atoms with E-state index in [1.165, 1.54) is 30.3 Å². The van der Waals surface area contributed by atoms with Crippen LogP contribution in [0.2, 0.25) is 5.02 Å². The number of hydrogen-bond acceptors (Lipinski definition) is 5.